The fourth-order valence-corrected chi connectivity index (χ4v) is 4.05. The Kier molecular flexibility index (Phi) is 6.96. The predicted octanol–water partition coefficient (Wildman–Crippen LogP) is 4.81. The normalized spacial score (nSPS) is 16.0. The van der Waals surface area contributed by atoms with E-state index in [1.54, 1.807) is 6.07 Å². The molecule has 0 bridgehead atoms. The zero-order valence-electron chi connectivity index (χ0n) is 17.3. The lowest BCUT2D eigenvalue weighted by molar-refractivity contribution is -0.135. The van der Waals surface area contributed by atoms with Crippen molar-refractivity contribution in [3.8, 4) is 0 Å². The maximum absolute atomic E-state index is 13.2. The van der Waals surface area contributed by atoms with Gasteiger partial charge in [-0.05, 0) is 60.9 Å². The van der Waals surface area contributed by atoms with Gasteiger partial charge in [-0.3, -0.25) is 9.59 Å². The van der Waals surface area contributed by atoms with Gasteiger partial charge >= 0.3 is 0 Å². The molecular formula is C24H29ClN2O2. The molecule has 0 aliphatic carbocycles. The van der Waals surface area contributed by atoms with Crippen molar-refractivity contribution in [1.82, 2.24) is 10.2 Å². The molecule has 1 saturated heterocycles. The van der Waals surface area contributed by atoms with Crippen LogP contribution in [0.1, 0.15) is 54.1 Å². The molecule has 0 saturated carbocycles. The summed E-state index contributed by atoms with van der Waals surface area (Å²) in [5.74, 6) is 0.280. The second kappa shape index (κ2) is 9.45. The van der Waals surface area contributed by atoms with Crippen molar-refractivity contribution in [2.45, 2.75) is 45.6 Å². The summed E-state index contributed by atoms with van der Waals surface area (Å²) in [5, 5.41) is 3.72. The number of hydrogen-bond donors (Lipinski definition) is 1. The van der Waals surface area contributed by atoms with Gasteiger partial charge in [0.15, 0.2) is 0 Å². The number of likely N-dealkylation sites (tertiary alicyclic amines) is 1. The second-order valence-electron chi connectivity index (χ2n) is 8.16. The Morgan fingerprint density at radius 2 is 1.66 bits per heavy atom. The number of piperidine rings is 1. The predicted molar refractivity (Wildman–Crippen MR) is 117 cm³/mol. The van der Waals surface area contributed by atoms with Crippen LogP contribution in [0, 0.1) is 12.8 Å². The van der Waals surface area contributed by atoms with Gasteiger partial charge in [0.2, 0.25) is 5.91 Å². The number of nitrogens with one attached hydrogen (secondary N) is 1. The first-order valence-electron chi connectivity index (χ1n) is 10.3. The molecule has 1 aliphatic heterocycles. The van der Waals surface area contributed by atoms with Crippen molar-refractivity contribution < 1.29 is 9.59 Å². The van der Waals surface area contributed by atoms with Crippen LogP contribution in [-0.2, 0) is 4.79 Å². The zero-order chi connectivity index (χ0) is 21.0. The summed E-state index contributed by atoms with van der Waals surface area (Å²) in [6, 6.07) is 14.9. The molecule has 4 nitrogen and oxygen atoms in total. The topological polar surface area (TPSA) is 49.4 Å². The first-order valence-corrected chi connectivity index (χ1v) is 10.7. The fraction of sp³-hybridized carbons (Fsp3) is 0.417. The van der Waals surface area contributed by atoms with Crippen LogP contribution in [0.5, 0.6) is 0 Å². The van der Waals surface area contributed by atoms with Crippen LogP contribution in [0.2, 0.25) is 5.02 Å². The van der Waals surface area contributed by atoms with E-state index in [0.29, 0.717) is 24.6 Å². The number of benzene rings is 2. The van der Waals surface area contributed by atoms with Crippen LogP contribution in [0.25, 0.3) is 0 Å². The van der Waals surface area contributed by atoms with E-state index in [1.165, 1.54) is 5.56 Å². The molecule has 1 N–H and O–H groups in total. The number of nitrogens with zero attached hydrogens (tertiary/aromatic N) is 1. The quantitative estimate of drug-likeness (QED) is 0.766. The Bertz CT molecular complexity index is 855. The summed E-state index contributed by atoms with van der Waals surface area (Å²) >= 11 is 5.99. The van der Waals surface area contributed by atoms with Crippen LogP contribution < -0.4 is 5.32 Å². The minimum absolute atomic E-state index is 0.0106. The molecule has 5 heteroatoms. The van der Waals surface area contributed by atoms with E-state index in [9.17, 15) is 9.59 Å². The summed E-state index contributed by atoms with van der Waals surface area (Å²) in [7, 11) is 0. The van der Waals surface area contributed by atoms with Crippen LogP contribution in [-0.4, -0.2) is 35.8 Å². The first-order chi connectivity index (χ1) is 13.9. The summed E-state index contributed by atoms with van der Waals surface area (Å²) in [5.41, 5.74) is 2.80. The maximum Gasteiger partial charge on any atom is 0.252 e. The highest BCUT2D eigenvalue weighted by Crippen LogP contribution is 2.29. The molecule has 154 valence electrons. The molecule has 1 atom stereocenters. The lowest BCUT2D eigenvalue weighted by atomic mass is 9.89. The molecule has 2 aromatic carbocycles. The highest BCUT2D eigenvalue weighted by Gasteiger charge is 2.31. The van der Waals surface area contributed by atoms with Gasteiger partial charge in [-0.25, -0.2) is 0 Å². The summed E-state index contributed by atoms with van der Waals surface area (Å²) < 4.78 is 0. The standard InChI is InChI=1S/C24H29ClN2O2/c1-16(2)22(26-23(28)21-7-5-4-6-17(21)3)24(29)27-14-12-19(13-15-27)18-8-10-20(25)11-9-18/h4-11,16,19,22H,12-15H2,1-3H3,(H,26,28)/t22-/m1/s1. The molecular weight excluding hydrogens is 384 g/mol. The van der Waals surface area contributed by atoms with Gasteiger partial charge in [0.25, 0.3) is 5.91 Å². The number of carbonyl (C=O) groups excluding carboxylic acids is 2. The van der Waals surface area contributed by atoms with Crippen LogP contribution >= 0.6 is 11.6 Å². The van der Waals surface area contributed by atoms with E-state index in [-0.39, 0.29) is 17.7 Å². The summed E-state index contributed by atoms with van der Waals surface area (Å²) in [6.45, 7) is 7.26. The number of rotatable bonds is 5. The van der Waals surface area contributed by atoms with Crippen LogP contribution in [0.4, 0.5) is 0 Å². The molecule has 2 amide bonds. The minimum Gasteiger partial charge on any atom is -0.341 e. The monoisotopic (exact) mass is 412 g/mol. The molecule has 0 aromatic heterocycles. The van der Waals surface area contributed by atoms with Crippen molar-refractivity contribution >= 4 is 23.4 Å². The summed E-state index contributed by atoms with van der Waals surface area (Å²) in [4.78, 5) is 27.8. The highest BCUT2D eigenvalue weighted by atomic mass is 35.5. The average molecular weight is 413 g/mol. The molecule has 0 spiro atoms. The lowest BCUT2D eigenvalue weighted by Crippen LogP contribution is -2.52. The van der Waals surface area contributed by atoms with Crippen molar-refractivity contribution in [3.63, 3.8) is 0 Å². The Hall–Kier alpha value is -2.33. The maximum atomic E-state index is 13.2. The van der Waals surface area contributed by atoms with Crippen LogP contribution in [0.15, 0.2) is 48.5 Å². The van der Waals surface area contributed by atoms with E-state index < -0.39 is 6.04 Å². The smallest absolute Gasteiger partial charge is 0.252 e. The molecule has 1 heterocycles. The number of amides is 2. The third-order valence-electron chi connectivity index (χ3n) is 5.76. The Labute approximate surface area is 178 Å². The van der Waals surface area contributed by atoms with E-state index >= 15 is 0 Å². The van der Waals surface area contributed by atoms with Crippen molar-refractivity contribution in [2.75, 3.05) is 13.1 Å². The summed E-state index contributed by atoms with van der Waals surface area (Å²) in [6.07, 6.45) is 1.84. The number of carbonyl (C=O) groups is 2. The van der Waals surface area contributed by atoms with Crippen LogP contribution in [0.3, 0.4) is 0 Å². The fourth-order valence-electron chi connectivity index (χ4n) is 3.93. The Morgan fingerprint density at radius 3 is 2.24 bits per heavy atom. The van der Waals surface area contributed by atoms with E-state index in [2.05, 4.69) is 17.4 Å². The molecule has 1 aliphatic rings. The molecule has 0 radical (unpaired) electrons. The van der Waals surface area contributed by atoms with Gasteiger partial charge in [0.1, 0.15) is 6.04 Å². The van der Waals surface area contributed by atoms with Crippen molar-refractivity contribution in [3.05, 3.63) is 70.2 Å². The van der Waals surface area contributed by atoms with E-state index in [0.717, 1.165) is 23.4 Å². The van der Waals surface area contributed by atoms with Gasteiger partial charge in [-0.1, -0.05) is 55.8 Å². The van der Waals surface area contributed by atoms with Gasteiger partial charge < -0.3 is 10.2 Å². The number of hydrogen-bond acceptors (Lipinski definition) is 2. The SMILES string of the molecule is Cc1ccccc1C(=O)N[C@@H](C(=O)N1CCC(c2ccc(Cl)cc2)CC1)C(C)C. The van der Waals surface area contributed by atoms with Gasteiger partial charge in [0.05, 0.1) is 0 Å². The molecule has 3 rings (SSSR count). The van der Waals surface area contributed by atoms with Gasteiger partial charge in [-0.2, -0.15) is 0 Å². The molecule has 0 unspecified atom stereocenters. The number of halogens is 1. The van der Waals surface area contributed by atoms with Gasteiger partial charge in [0, 0.05) is 23.7 Å². The zero-order valence-corrected chi connectivity index (χ0v) is 18.1. The molecule has 29 heavy (non-hydrogen) atoms. The third-order valence-corrected chi connectivity index (χ3v) is 6.01. The van der Waals surface area contributed by atoms with Crippen molar-refractivity contribution in [1.29, 1.82) is 0 Å². The molecule has 1 fully saturated rings. The van der Waals surface area contributed by atoms with Gasteiger partial charge in [-0.15, -0.1) is 0 Å². The number of aryl methyl sites for hydroxylation is 1. The largest absolute Gasteiger partial charge is 0.341 e. The lowest BCUT2D eigenvalue weighted by Gasteiger charge is -2.35. The van der Waals surface area contributed by atoms with Crippen molar-refractivity contribution in [2.24, 2.45) is 5.92 Å². The molecule has 2 aromatic rings. The average Bonchev–Trinajstić information content (AvgIpc) is 2.72. The minimum atomic E-state index is -0.519. The van der Waals surface area contributed by atoms with E-state index in [4.69, 9.17) is 11.6 Å². The second-order valence-corrected chi connectivity index (χ2v) is 8.60. The highest BCUT2D eigenvalue weighted by molar-refractivity contribution is 6.30. The third kappa shape index (κ3) is 5.18. The Balaban J connectivity index is 1.63. The van der Waals surface area contributed by atoms with E-state index in [1.807, 2.05) is 56.0 Å². The Morgan fingerprint density at radius 1 is 1.03 bits per heavy atom. The first kappa shape index (κ1) is 21.4.